The maximum absolute atomic E-state index is 13.0. The Balaban J connectivity index is 1.71. The van der Waals surface area contributed by atoms with Crippen LogP contribution in [0.4, 0.5) is 4.79 Å². The lowest BCUT2D eigenvalue weighted by Gasteiger charge is -2.29. The Morgan fingerprint density at radius 3 is 2.52 bits per heavy atom. The van der Waals surface area contributed by atoms with Gasteiger partial charge in [0.1, 0.15) is 0 Å². The summed E-state index contributed by atoms with van der Waals surface area (Å²) in [6, 6.07) is 22.0. The van der Waals surface area contributed by atoms with E-state index < -0.39 is 0 Å². The summed E-state index contributed by atoms with van der Waals surface area (Å²) in [5.74, 6) is 0. The largest absolute Gasteiger partial charge is 0.345 e. The van der Waals surface area contributed by atoms with Crippen molar-refractivity contribution in [3.8, 4) is 0 Å². The molecule has 2 amide bonds. The molecular weight excluding hydrogens is 382 g/mol. The molecule has 0 bridgehead atoms. The Bertz CT molecular complexity index is 923. The van der Waals surface area contributed by atoms with Crippen LogP contribution >= 0.6 is 11.6 Å². The minimum absolute atomic E-state index is 0.0475. The zero-order valence-electron chi connectivity index (χ0n) is 17.0. The predicted molar refractivity (Wildman–Crippen MR) is 119 cm³/mol. The Morgan fingerprint density at radius 1 is 1.07 bits per heavy atom. The third-order valence-electron chi connectivity index (χ3n) is 5.22. The van der Waals surface area contributed by atoms with Crippen LogP contribution in [0.2, 0.25) is 5.02 Å². The summed E-state index contributed by atoms with van der Waals surface area (Å²) in [6.45, 7) is 5.94. The summed E-state index contributed by atoms with van der Waals surface area (Å²) >= 11 is 6.33. The molecule has 0 saturated heterocycles. The molecule has 0 radical (unpaired) electrons. The number of hydrogen-bond donors (Lipinski definition) is 1. The van der Waals surface area contributed by atoms with Crippen LogP contribution in [0.5, 0.6) is 0 Å². The highest BCUT2D eigenvalue weighted by Crippen LogP contribution is 2.19. The standard InChI is InChI=1S/C24H28ClN3O/c1-3-19(2)28(24(29)26-16-20-10-5-4-6-11-20)18-22-13-9-15-27(22)17-21-12-7-8-14-23(21)25/h4-15,19H,3,16-18H2,1-2H3,(H,26,29)/t19-/m0/s1. The molecule has 29 heavy (non-hydrogen) atoms. The summed E-state index contributed by atoms with van der Waals surface area (Å²) in [5, 5.41) is 3.82. The van der Waals surface area contributed by atoms with Crippen molar-refractivity contribution in [3.63, 3.8) is 0 Å². The van der Waals surface area contributed by atoms with E-state index in [2.05, 4.69) is 29.8 Å². The average molecular weight is 410 g/mol. The van der Waals surface area contributed by atoms with Gasteiger partial charge in [0.2, 0.25) is 0 Å². The normalized spacial score (nSPS) is 11.8. The first-order valence-electron chi connectivity index (χ1n) is 10.0. The van der Waals surface area contributed by atoms with Crippen LogP contribution in [0, 0.1) is 0 Å². The van der Waals surface area contributed by atoms with Gasteiger partial charge in [-0.25, -0.2) is 4.79 Å². The van der Waals surface area contributed by atoms with Gasteiger partial charge in [-0.05, 0) is 42.7 Å². The van der Waals surface area contributed by atoms with Crippen LogP contribution < -0.4 is 5.32 Å². The van der Waals surface area contributed by atoms with Crippen LogP contribution in [0.1, 0.15) is 37.1 Å². The Labute approximate surface area is 178 Å². The molecule has 0 spiro atoms. The predicted octanol–water partition coefficient (Wildman–Crippen LogP) is 5.70. The molecule has 0 aliphatic rings. The molecule has 5 heteroatoms. The van der Waals surface area contributed by atoms with Gasteiger partial charge in [-0.1, -0.05) is 67.1 Å². The van der Waals surface area contributed by atoms with Gasteiger partial charge in [-0.15, -0.1) is 0 Å². The SMILES string of the molecule is CC[C@H](C)N(Cc1cccn1Cc1ccccc1Cl)C(=O)NCc1ccccc1. The lowest BCUT2D eigenvalue weighted by Crippen LogP contribution is -2.44. The minimum atomic E-state index is -0.0475. The summed E-state index contributed by atoms with van der Waals surface area (Å²) in [4.78, 5) is 14.9. The number of hydrogen-bond acceptors (Lipinski definition) is 1. The molecule has 1 aromatic heterocycles. The van der Waals surface area contributed by atoms with Crippen molar-refractivity contribution < 1.29 is 4.79 Å². The Morgan fingerprint density at radius 2 is 1.79 bits per heavy atom. The first kappa shape index (κ1) is 21.0. The average Bonchev–Trinajstić information content (AvgIpc) is 3.18. The molecule has 1 N–H and O–H groups in total. The fourth-order valence-corrected chi connectivity index (χ4v) is 3.45. The highest BCUT2D eigenvalue weighted by molar-refractivity contribution is 6.31. The molecule has 0 aliphatic heterocycles. The van der Waals surface area contributed by atoms with Gasteiger partial charge in [0.25, 0.3) is 0 Å². The zero-order chi connectivity index (χ0) is 20.6. The number of amides is 2. The van der Waals surface area contributed by atoms with Gasteiger partial charge in [-0.2, -0.15) is 0 Å². The maximum atomic E-state index is 13.0. The van der Waals surface area contributed by atoms with Gasteiger partial charge in [0.05, 0.1) is 6.54 Å². The van der Waals surface area contributed by atoms with Gasteiger partial charge < -0.3 is 14.8 Å². The van der Waals surface area contributed by atoms with E-state index >= 15 is 0 Å². The number of urea groups is 1. The van der Waals surface area contributed by atoms with Gasteiger partial charge >= 0.3 is 6.03 Å². The molecule has 0 unspecified atom stereocenters. The molecule has 3 rings (SSSR count). The summed E-state index contributed by atoms with van der Waals surface area (Å²) < 4.78 is 2.15. The maximum Gasteiger partial charge on any atom is 0.318 e. The van der Waals surface area contributed by atoms with Crippen LogP contribution in [-0.2, 0) is 19.6 Å². The van der Waals surface area contributed by atoms with E-state index in [0.29, 0.717) is 19.6 Å². The van der Waals surface area contributed by atoms with Gasteiger partial charge in [0, 0.05) is 36.0 Å². The summed E-state index contributed by atoms with van der Waals surface area (Å²) in [5.41, 5.74) is 3.24. The van der Waals surface area contributed by atoms with E-state index in [1.165, 1.54) is 0 Å². The minimum Gasteiger partial charge on any atom is -0.345 e. The molecule has 152 valence electrons. The van der Waals surface area contributed by atoms with E-state index in [1.54, 1.807) is 0 Å². The molecule has 4 nitrogen and oxygen atoms in total. The van der Waals surface area contributed by atoms with Crippen molar-refractivity contribution in [2.24, 2.45) is 0 Å². The van der Waals surface area contributed by atoms with Crippen molar-refractivity contribution >= 4 is 17.6 Å². The first-order valence-corrected chi connectivity index (χ1v) is 10.4. The van der Waals surface area contributed by atoms with E-state index in [-0.39, 0.29) is 12.1 Å². The van der Waals surface area contributed by atoms with Crippen molar-refractivity contribution in [1.29, 1.82) is 0 Å². The van der Waals surface area contributed by atoms with Crippen LogP contribution in [-0.4, -0.2) is 21.5 Å². The van der Waals surface area contributed by atoms with E-state index in [0.717, 1.165) is 28.3 Å². The molecule has 0 aliphatic carbocycles. The van der Waals surface area contributed by atoms with Crippen molar-refractivity contribution in [2.45, 2.75) is 45.9 Å². The van der Waals surface area contributed by atoms with Crippen LogP contribution in [0.25, 0.3) is 0 Å². The number of nitrogens with one attached hydrogen (secondary N) is 1. The molecule has 1 atom stereocenters. The van der Waals surface area contributed by atoms with Gasteiger partial charge in [0.15, 0.2) is 0 Å². The highest BCUT2D eigenvalue weighted by Gasteiger charge is 2.20. The molecule has 0 fully saturated rings. The lowest BCUT2D eigenvalue weighted by atomic mass is 10.2. The monoisotopic (exact) mass is 409 g/mol. The summed E-state index contributed by atoms with van der Waals surface area (Å²) in [7, 11) is 0. The molecule has 2 aromatic carbocycles. The Hall–Kier alpha value is -2.72. The van der Waals surface area contributed by atoms with Crippen molar-refractivity contribution in [3.05, 3.63) is 94.8 Å². The topological polar surface area (TPSA) is 37.3 Å². The quantitative estimate of drug-likeness (QED) is 0.509. The number of carbonyl (C=O) groups excluding carboxylic acids is 1. The third-order valence-corrected chi connectivity index (χ3v) is 5.59. The fourth-order valence-electron chi connectivity index (χ4n) is 3.26. The van der Waals surface area contributed by atoms with E-state index in [1.807, 2.05) is 71.8 Å². The lowest BCUT2D eigenvalue weighted by molar-refractivity contribution is 0.171. The fraction of sp³-hybridized carbons (Fsp3) is 0.292. The molecule has 1 heterocycles. The van der Waals surface area contributed by atoms with Crippen molar-refractivity contribution in [2.75, 3.05) is 0 Å². The first-order chi connectivity index (χ1) is 14.1. The molecule has 0 saturated carbocycles. The molecule has 3 aromatic rings. The molecular formula is C24H28ClN3O. The Kier molecular flexibility index (Phi) is 7.36. The smallest absolute Gasteiger partial charge is 0.318 e. The van der Waals surface area contributed by atoms with E-state index in [9.17, 15) is 4.79 Å². The third kappa shape index (κ3) is 5.64. The number of rotatable bonds is 8. The van der Waals surface area contributed by atoms with Crippen LogP contribution in [0.15, 0.2) is 72.9 Å². The number of halogens is 1. The highest BCUT2D eigenvalue weighted by atomic mass is 35.5. The number of aromatic nitrogens is 1. The number of benzene rings is 2. The number of nitrogens with zero attached hydrogens (tertiary/aromatic N) is 2. The summed E-state index contributed by atoms with van der Waals surface area (Å²) in [6.07, 6.45) is 2.93. The number of carbonyl (C=O) groups is 1. The van der Waals surface area contributed by atoms with E-state index in [4.69, 9.17) is 11.6 Å². The second-order valence-electron chi connectivity index (χ2n) is 7.25. The second kappa shape index (κ2) is 10.2. The second-order valence-corrected chi connectivity index (χ2v) is 7.66. The van der Waals surface area contributed by atoms with Crippen LogP contribution in [0.3, 0.4) is 0 Å². The zero-order valence-corrected chi connectivity index (χ0v) is 17.8. The van der Waals surface area contributed by atoms with Crippen molar-refractivity contribution in [1.82, 2.24) is 14.8 Å². The van der Waals surface area contributed by atoms with Gasteiger partial charge in [-0.3, -0.25) is 0 Å².